The third-order valence-electron chi connectivity index (χ3n) is 4.09. The Morgan fingerprint density at radius 2 is 1.97 bits per heavy atom. The Labute approximate surface area is 170 Å². The molecule has 0 fully saturated rings. The minimum atomic E-state index is -2.94. The van der Waals surface area contributed by atoms with E-state index >= 15 is 0 Å². The average Bonchev–Trinajstić information content (AvgIpc) is 2.68. The quantitative estimate of drug-likeness (QED) is 0.582. The summed E-state index contributed by atoms with van der Waals surface area (Å²) in [6.45, 7) is -1.08. The Morgan fingerprint density at radius 3 is 2.63 bits per heavy atom. The van der Waals surface area contributed by atoms with Crippen LogP contribution in [0.1, 0.15) is 23.0 Å². The third kappa shape index (κ3) is 5.43. The molecule has 156 valence electrons. The van der Waals surface area contributed by atoms with Gasteiger partial charge in [0, 0.05) is 35.3 Å². The Bertz CT molecular complexity index is 1030. The first-order valence-corrected chi connectivity index (χ1v) is 8.92. The van der Waals surface area contributed by atoms with Gasteiger partial charge < -0.3 is 15.8 Å². The van der Waals surface area contributed by atoms with Gasteiger partial charge in [0.2, 0.25) is 11.8 Å². The molecular formula is C20H18F3N5O2. The van der Waals surface area contributed by atoms with Crippen molar-refractivity contribution in [2.24, 2.45) is 5.73 Å². The fourth-order valence-corrected chi connectivity index (χ4v) is 2.77. The maximum Gasteiger partial charge on any atom is 0.388 e. The van der Waals surface area contributed by atoms with E-state index in [0.717, 1.165) is 6.07 Å². The van der Waals surface area contributed by atoms with Crippen LogP contribution in [0.15, 0.2) is 48.5 Å². The molecule has 0 spiro atoms. The summed E-state index contributed by atoms with van der Waals surface area (Å²) in [7, 11) is 0. The normalized spacial score (nSPS) is 11.9. The Morgan fingerprint density at radius 1 is 1.17 bits per heavy atom. The van der Waals surface area contributed by atoms with Crippen LogP contribution in [-0.4, -0.2) is 33.7 Å². The number of rotatable bonds is 8. The second-order valence-electron chi connectivity index (χ2n) is 6.46. The number of nitrogens with one attached hydrogen (secondary N) is 1. The van der Waals surface area contributed by atoms with E-state index in [9.17, 15) is 18.0 Å². The molecule has 1 amide bonds. The van der Waals surface area contributed by atoms with Crippen molar-refractivity contribution in [2.75, 3.05) is 5.32 Å². The summed E-state index contributed by atoms with van der Waals surface area (Å²) in [5, 5.41) is 11.1. The molecule has 2 aromatic heterocycles. The lowest BCUT2D eigenvalue weighted by molar-refractivity contribution is -0.0529. The van der Waals surface area contributed by atoms with Crippen molar-refractivity contribution in [3.05, 3.63) is 65.6 Å². The number of amides is 1. The number of aromatic nitrogens is 3. The van der Waals surface area contributed by atoms with Crippen molar-refractivity contribution < 1.29 is 22.7 Å². The highest BCUT2D eigenvalue weighted by Gasteiger charge is 2.13. The molecule has 1 unspecified atom stereocenters. The molecule has 0 bridgehead atoms. The Balaban J connectivity index is 1.67. The summed E-state index contributed by atoms with van der Waals surface area (Å²) in [5.41, 5.74) is 6.30. The number of nitrogens with zero attached hydrogens (tertiary/aromatic N) is 3. The number of carbonyl (C=O) groups excluding carboxylic acids is 1. The van der Waals surface area contributed by atoms with Gasteiger partial charge >= 0.3 is 6.61 Å². The molecule has 10 heteroatoms. The molecule has 0 saturated carbocycles. The monoisotopic (exact) mass is 417 g/mol. The van der Waals surface area contributed by atoms with Gasteiger partial charge in [-0.25, -0.2) is 9.37 Å². The number of hydrogen-bond acceptors (Lipinski definition) is 6. The molecule has 1 aromatic carbocycles. The van der Waals surface area contributed by atoms with Gasteiger partial charge in [-0.2, -0.15) is 8.78 Å². The zero-order valence-electron chi connectivity index (χ0n) is 15.8. The summed E-state index contributed by atoms with van der Waals surface area (Å²) >= 11 is 0. The molecule has 3 N–H and O–H groups in total. The number of anilines is 1. The second-order valence-corrected chi connectivity index (χ2v) is 6.46. The van der Waals surface area contributed by atoms with Gasteiger partial charge in [-0.1, -0.05) is 6.07 Å². The van der Waals surface area contributed by atoms with Gasteiger partial charge in [-0.05, 0) is 43.3 Å². The van der Waals surface area contributed by atoms with E-state index in [1.54, 1.807) is 24.3 Å². The number of carbonyl (C=O) groups is 1. The second kappa shape index (κ2) is 9.21. The smallest absolute Gasteiger partial charge is 0.388 e. The number of nitrogens with two attached hydrogens (primary N) is 1. The lowest BCUT2D eigenvalue weighted by Crippen LogP contribution is -2.20. The molecule has 1 atom stereocenters. The van der Waals surface area contributed by atoms with Crippen LogP contribution in [0.5, 0.6) is 5.88 Å². The van der Waals surface area contributed by atoms with Gasteiger partial charge in [0.15, 0.2) is 0 Å². The number of benzene rings is 1. The fourth-order valence-electron chi connectivity index (χ4n) is 2.77. The van der Waals surface area contributed by atoms with Gasteiger partial charge in [0.25, 0.3) is 0 Å². The van der Waals surface area contributed by atoms with E-state index in [1.807, 2.05) is 6.92 Å². The zero-order chi connectivity index (χ0) is 21.7. The van der Waals surface area contributed by atoms with E-state index < -0.39 is 18.3 Å². The highest BCUT2D eigenvalue weighted by atomic mass is 19.3. The number of ether oxygens (including phenoxy) is 1. The van der Waals surface area contributed by atoms with E-state index in [-0.39, 0.29) is 28.7 Å². The van der Waals surface area contributed by atoms with E-state index in [2.05, 4.69) is 25.2 Å². The van der Waals surface area contributed by atoms with Gasteiger partial charge in [-0.3, -0.25) is 4.79 Å². The largest absolute Gasteiger partial charge is 0.417 e. The number of pyridine rings is 1. The van der Waals surface area contributed by atoms with Crippen LogP contribution < -0.4 is 15.8 Å². The van der Waals surface area contributed by atoms with Crippen molar-refractivity contribution in [3.8, 4) is 17.1 Å². The Hall–Kier alpha value is -3.69. The minimum Gasteiger partial charge on any atom is -0.417 e. The van der Waals surface area contributed by atoms with Crippen molar-refractivity contribution in [3.63, 3.8) is 0 Å². The Kier molecular flexibility index (Phi) is 6.45. The summed E-state index contributed by atoms with van der Waals surface area (Å²) < 4.78 is 43.0. The topological polar surface area (TPSA) is 103 Å². The predicted molar refractivity (Wildman–Crippen MR) is 104 cm³/mol. The van der Waals surface area contributed by atoms with Crippen LogP contribution >= 0.6 is 0 Å². The molecule has 3 aromatic rings. The SMILES string of the molecule is CC(Cc1cccc(OC(F)F)n1)Nc1ccc(-c2cc(C(N)=O)ccc2F)nn1. The molecule has 0 aliphatic heterocycles. The summed E-state index contributed by atoms with van der Waals surface area (Å²) in [6.07, 6.45) is 0.416. The number of halogens is 3. The lowest BCUT2D eigenvalue weighted by atomic mass is 10.1. The van der Waals surface area contributed by atoms with Gasteiger partial charge in [0.1, 0.15) is 11.6 Å². The maximum absolute atomic E-state index is 14.1. The van der Waals surface area contributed by atoms with Crippen molar-refractivity contribution in [1.29, 1.82) is 0 Å². The molecule has 30 heavy (non-hydrogen) atoms. The van der Waals surface area contributed by atoms with Crippen LogP contribution in [0.2, 0.25) is 0 Å². The van der Waals surface area contributed by atoms with E-state index in [4.69, 9.17) is 5.73 Å². The van der Waals surface area contributed by atoms with Gasteiger partial charge in [-0.15, -0.1) is 10.2 Å². The van der Waals surface area contributed by atoms with Crippen LogP contribution in [0.3, 0.4) is 0 Å². The molecule has 7 nitrogen and oxygen atoms in total. The molecule has 3 rings (SSSR count). The van der Waals surface area contributed by atoms with Crippen molar-refractivity contribution in [1.82, 2.24) is 15.2 Å². The van der Waals surface area contributed by atoms with Crippen LogP contribution in [-0.2, 0) is 6.42 Å². The molecule has 0 saturated heterocycles. The van der Waals surface area contributed by atoms with E-state index in [1.165, 1.54) is 18.2 Å². The molecule has 0 aliphatic carbocycles. The van der Waals surface area contributed by atoms with Crippen LogP contribution in [0, 0.1) is 5.82 Å². The minimum absolute atomic E-state index is 0.110. The molecule has 0 radical (unpaired) electrons. The highest BCUT2D eigenvalue weighted by Crippen LogP contribution is 2.22. The predicted octanol–water partition coefficient (Wildman–Crippen LogP) is 3.42. The summed E-state index contributed by atoms with van der Waals surface area (Å²) in [5.74, 6) is -0.954. The van der Waals surface area contributed by atoms with Gasteiger partial charge in [0.05, 0.1) is 5.69 Å². The number of primary amides is 1. The number of alkyl halides is 2. The number of hydrogen-bond donors (Lipinski definition) is 2. The lowest BCUT2D eigenvalue weighted by Gasteiger charge is -2.14. The molecular weight excluding hydrogens is 399 g/mol. The summed E-state index contributed by atoms with van der Waals surface area (Å²) in [4.78, 5) is 15.3. The average molecular weight is 417 g/mol. The third-order valence-corrected chi connectivity index (χ3v) is 4.09. The van der Waals surface area contributed by atoms with E-state index in [0.29, 0.717) is 17.9 Å². The first-order chi connectivity index (χ1) is 14.3. The summed E-state index contributed by atoms with van der Waals surface area (Å²) in [6, 6.07) is 11.4. The highest BCUT2D eigenvalue weighted by molar-refractivity contribution is 5.94. The van der Waals surface area contributed by atoms with Crippen LogP contribution in [0.4, 0.5) is 19.0 Å². The van der Waals surface area contributed by atoms with Crippen molar-refractivity contribution >= 4 is 11.7 Å². The maximum atomic E-state index is 14.1. The standard InChI is InChI=1S/C20H18F3N5O2/c1-11(9-13-3-2-4-18(26-13)30-20(22)23)25-17-8-7-16(27-28-17)14-10-12(19(24)29)5-6-15(14)21/h2-8,10-11,20H,9H2,1H3,(H2,24,29)(H,25,28). The fraction of sp³-hybridized carbons (Fsp3) is 0.200. The zero-order valence-corrected chi connectivity index (χ0v) is 15.8. The molecule has 2 heterocycles. The van der Waals surface area contributed by atoms with Crippen molar-refractivity contribution in [2.45, 2.75) is 26.0 Å². The molecule has 0 aliphatic rings. The first kappa shape index (κ1) is 21.0. The first-order valence-electron chi connectivity index (χ1n) is 8.92. The van der Waals surface area contributed by atoms with Crippen LogP contribution in [0.25, 0.3) is 11.3 Å².